The van der Waals surface area contributed by atoms with E-state index in [4.69, 9.17) is 0 Å². The molecule has 0 spiro atoms. The molecule has 0 aliphatic heterocycles. The summed E-state index contributed by atoms with van der Waals surface area (Å²) in [6, 6.07) is 30.2. The van der Waals surface area contributed by atoms with Crippen LogP contribution in [0.5, 0.6) is 0 Å². The quantitative estimate of drug-likeness (QED) is 0.206. The number of hydrogen-bond acceptors (Lipinski definition) is 0. The fourth-order valence-electron chi connectivity index (χ4n) is 7.78. The van der Waals surface area contributed by atoms with Crippen LogP contribution in [0.3, 0.4) is 0 Å². The van der Waals surface area contributed by atoms with Gasteiger partial charge >= 0.3 is 295 Å². The van der Waals surface area contributed by atoms with E-state index in [1.54, 1.807) is 15.3 Å². The van der Waals surface area contributed by atoms with E-state index in [0.717, 1.165) is 6.42 Å². The summed E-state index contributed by atoms with van der Waals surface area (Å²) in [7, 11) is 0. The molecular formula is C46H54Cl2Zr. The van der Waals surface area contributed by atoms with Gasteiger partial charge in [-0.05, 0) is 0 Å². The van der Waals surface area contributed by atoms with Gasteiger partial charge in [-0.2, -0.15) is 0 Å². The first-order chi connectivity index (χ1) is 22.0. The van der Waals surface area contributed by atoms with E-state index < -0.39 is 21.3 Å². The smallest absolute Gasteiger partial charge is 1.00 e. The number of halogens is 2. The van der Waals surface area contributed by atoms with Crippen LogP contribution in [0.15, 0.2) is 99.9 Å². The molecular weight excluding hydrogens is 715 g/mol. The summed E-state index contributed by atoms with van der Waals surface area (Å²) in [4.78, 5) is 0. The average molecular weight is 769 g/mol. The number of hydrogen-bond donors (Lipinski definition) is 0. The molecule has 0 bridgehead atoms. The van der Waals surface area contributed by atoms with Crippen molar-refractivity contribution in [3.63, 3.8) is 0 Å². The third-order valence-electron chi connectivity index (χ3n) is 10.2. The first-order valence-electron chi connectivity index (χ1n) is 17.6. The second-order valence-corrected chi connectivity index (χ2v) is 24.2. The molecule has 4 aromatic carbocycles. The molecule has 0 amide bonds. The van der Waals surface area contributed by atoms with Crippen LogP contribution < -0.4 is 28.1 Å². The Labute approximate surface area is 317 Å². The zero-order valence-corrected chi connectivity index (χ0v) is 35.7. The zero-order chi connectivity index (χ0) is 34.1. The van der Waals surface area contributed by atoms with E-state index in [1.165, 1.54) is 55.6 Å². The van der Waals surface area contributed by atoms with Gasteiger partial charge in [0.25, 0.3) is 0 Å². The van der Waals surface area contributed by atoms with Crippen molar-refractivity contribution in [3.05, 3.63) is 122 Å². The Kier molecular flexibility index (Phi) is 11.6. The van der Waals surface area contributed by atoms with Gasteiger partial charge in [-0.3, -0.25) is 0 Å². The molecule has 0 N–H and O–H groups in total. The SMILES string of the molecule is C[C](C)=[Zr+2]([C]1=CC(C(C)(C)C)=CC1C)[c]1c2c(cc(C(C)(C)C)c1-c1ccccc1)-c1cc(C(C)(C)C)c(-c3ccccc3)cc1C2.[Cl-].[Cl-]. The van der Waals surface area contributed by atoms with Gasteiger partial charge in [0.05, 0.1) is 0 Å². The molecule has 6 rings (SSSR count). The standard InChI is InChI=1S/C33H33.C10H15.C3H6.2ClH.Zr/c1-32(2,3)30-20-26-24(18-28(30)22-13-9-7-10-14-22)17-25-19-29(23-15-11-8-12-16-23)31(21-27(25)26)33(4,5)6;1-8-5-6-9(7-8)10(2,3)4;1-3-2;;;/h7-16,18,20-21H,17H2,1-6H3;6-8H,1-4H3;1-2H3;2*1H;/q;;;;;+2/p-2. The van der Waals surface area contributed by atoms with Crippen molar-refractivity contribution in [2.24, 2.45) is 11.3 Å². The molecule has 1 unspecified atom stereocenters. The zero-order valence-electron chi connectivity index (χ0n) is 31.7. The van der Waals surface area contributed by atoms with Gasteiger partial charge in [0.15, 0.2) is 0 Å². The Bertz CT molecular complexity index is 1950. The third-order valence-corrected chi connectivity index (χ3v) is 18.2. The van der Waals surface area contributed by atoms with Crippen LogP contribution in [-0.2, 0) is 38.5 Å². The van der Waals surface area contributed by atoms with Gasteiger partial charge in [-0.1, -0.05) is 0 Å². The van der Waals surface area contributed by atoms with Crippen LogP contribution in [0.1, 0.15) is 105 Å². The van der Waals surface area contributed by atoms with Gasteiger partial charge in [0.2, 0.25) is 0 Å². The van der Waals surface area contributed by atoms with Gasteiger partial charge < -0.3 is 24.8 Å². The van der Waals surface area contributed by atoms with Crippen molar-refractivity contribution in [1.29, 1.82) is 0 Å². The minimum Gasteiger partial charge on any atom is -1.00 e. The normalized spacial score (nSPS) is 15.2. The van der Waals surface area contributed by atoms with Crippen LogP contribution in [0.25, 0.3) is 33.4 Å². The molecule has 0 heterocycles. The van der Waals surface area contributed by atoms with Crippen molar-refractivity contribution in [3.8, 4) is 33.4 Å². The van der Waals surface area contributed by atoms with Crippen LogP contribution in [0, 0.1) is 11.3 Å². The number of allylic oxidation sites excluding steroid dienone is 4. The maximum absolute atomic E-state index is 2.64. The first kappa shape index (κ1) is 39.5. The Morgan fingerprint density at radius 1 is 0.633 bits per heavy atom. The van der Waals surface area contributed by atoms with Crippen molar-refractivity contribution in [2.45, 2.75) is 100 Å². The number of benzene rings is 4. The molecule has 2 aliphatic rings. The van der Waals surface area contributed by atoms with Crippen LogP contribution in [-0.4, -0.2) is 3.21 Å². The maximum atomic E-state index is 2.64. The van der Waals surface area contributed by atoms with Crippen LogP contribution >= 0.6 is 0 Å². The summed E-state index contributed by atoms with van der Waals surface area (Å²) >= 11 is -2.59. The fraction of sp³-hybridized carbons (Fsp3) is 0.370. The van der Waals surface area contributed by atoms with E-state index in [9.17, 15) is 0 Å². The molecule has 0 saturated heterocycles. The van der Waals surface area contributed by atoms with E-state index in [2.05, 4.69) is 174 Å². The van der Waals surface area contributed by atoms with Gasteiger partial charge in [-0.25, -0.2) is 0 Å². The number of fused-ring (bicyclic) bond motifs is 3. The third kappa shape index (κ3) is 7.52. The molecule has 3 heteroatoms. The molecule has 0 saturated carbocycles. The minimum absolute atomic E-state index is 0. The second-order valence-electron chi connectivity index (χ2n) is 17.3. The molecule has 256 valence electrons. The first-order valence-corrected chi connectivity index (χ1v) is 21.3. The average Bonchev–Trinajstić information content (AvgIpc) is 3.56. The molecule has 0 fully saturated rings. The molecule has 0 radical (unpaired) electrons. The summed E-state index contributed by atoms with van der Waals surface area (Å²) in [6.45, 7) is 28.9. The topological polar surface area (TPSA) is 0 Å². The molecule has 2 aliphatic carbocycles. The number of rotatable bonds is 4. The minimum atomic E-state index is -2.59. The predicted molar refractivity (Wildman–Crippen MR) is 204 cm³/mol. The van der Waals surface area contributed by atoms with Gasteiger partial charge in [0, 0.05) is 0 Å². The summed E-state index contributed by atoms with van der Waals surface area (Å²) in [5.74, 6) is 0.479. The predicted octanol–water partition coefficient (Wildman–Crippen LogP) is 6.16. The Morgan fingerprint density at radius 2 is 1.16 bits per heavy atom. The van der Waals surface area contributed by atoms with E-state index in [-0.39, 0.29) is 41.1 Å². The van der Waals surface area contributed by atoms with Crippen molar-refractivity contribution in [2.75, 3.05) is 0 Å². The Balaban J connectivity index is 0.00000270. The fourth-order valence-corrected chi connectivity index (χ4v) is 15.8. The largest absolute Gasteiger partial charge is 1.00 e. The molecule has 0 aromatic heterocycles. The Hall–Kier alpha value is -2.31. The van der Waals surface area contributed by atoms with E-state index in [0.29, 0.717) is 5.92 Å². The molecule has 49 heavy (non-hydrogen) atoms. The van der Waals surface area contributed by atoms with Crippen LogP contribution in [0.2, 0.25) is 0 Å². The maximum Gasteiger partial charge on any atom is -1.00 e. The van der Waals surface area contributed by atoms with Gasteiger partial charge in [0.1, 0.15) is 0 Å². The van der Waals surface area contributed by atoms with E-state index in [1.807, 2.05) is 0 Å². The summed E-state index contributed by atoms with van der Waals surface area (Å²) < 4.78 is 5.12. The van der Waals surface area contributed by atoms with Crippen molar-refractivity contribution in [1.82, 2.24) is 0 Å². The Morgan fingerprint density at radius 3 is 1.65 bits per heavy atom. The molecule has 0 nitrogen and oxygen atoms in total. The summed E-state index contributed by atoms with van der Waals surface area (Å²) in [5, 5.41) is 0. The van der Waals surface area contributed by atoms with E-state index >= 15 is 0 Å². The summed E-state index contributed by atoms with van der Waals surface area (Å²) in [5.41, 5.74) is 16.2. The van der Waals surface area contributed by atoms with Gasteiger partial charge in [-0.15, -0.1) is 0 Å². The van der Waals surface area contributed by atoms with Crippen LogP contribution in [0.4, 0.5) is 0 Å². The molecule has 4 aromatic rings. The molecule has 1 atom stereocenters. The monoisotopic (exact) mass is 766 g/mol. The van der Waals surface area contributed by atoms with Crippen molar-refractivity contribution >= 4 is 6.48 Å². The second kappa shape index (κ2) is 14.4. The van der Waals surface area contributed by atoms with Crippen molar-refractivity contribution < 1.29 is 46.1 Å². The summed E-state index contributed by atoms with van der Waals surface area (Å²) in [6.07, 6.45) is 6.23.